The summed E-state index contributed by atoms with van der Waals surface area (Å²) in [7, 11) is 0. The Labute approximate surface area is 382 Å². The summed E-state index contributed by atoms with van der Waals surface area (Å²) in [6.07, 6.45) is 3.28. The zero-order valence-electron chi connectivity index (χ0n) is 38.1. The number of halogens is 6. The van der Waals surface area contributed by atoms with Gasteiger partial charge in [-0.1, -0.05) is 13.8 Å². The highest BCUT2D eigenvalue weighted by molar-refractivity contribution is 5.77. The third kappa shape index (κ3) is 9.63. The summed E-state index contributed by atoms with van der Waals surface area (Å²) < 4.78 is 103. The first-order valence-electron chi connectivity index (χ1n) is 22.5. The number of ether oxygens (including phenoxy) is 3. The molecule has 0 spiro atoms. The van der Waals surface area contributed by atoms with Crippen molar-refractivity contribution in [1.29, 1.82) is 0 Å². The fourth-order valence-electron chi connectivity index (χ4n) is 8.83. The Balaban J connectivity index is 0.000000175. The summed E-state index contributed by atoms with van der Waals surface area (Å²) in [4.78, 5) is 48.3. The minimum absolute atomic E-state index is 0.00866. The molecule has 13 nitrogen and oxygen atoms in total. The number of benzene rings is 2. The van der Waals surface area contributed by atoms with Crippen LogP contribution in [0.2, 0.25) is 0 Å². The van der Waals surface area contributed by atoms with Crippen LogP contribution in [0.25, 0.3) is 33.8 Å². The van der Waals surface area contributed by atoms with Crippen molar-refractivity contribution in [2.45, 2.75) is 78.9 Å². The molecule has 4 aliphatic rings. The predicted molar refractivity (Wildman–Crippen MR) is 240 cm³/mol. The Morgan fingerprint density at radius 2 is 1.07 bits per heavy atom. The maximum atomic E-state index is 14.7. The fraction of sp³-hybridized carbons (Fsp3) is 0.458. The number of aryl methyl sites for hydroxylation is 2. The van der Waals surface area contributed by atoms with E-state index in [0.717, 1.165) is 31.2 Å². The van der Waals surface area contributed by atoms with Gasteiger partial charge in [0.15, 0.2) is 11.3 Å². The van der Waals surface area contributed by atoms with Crippen LogP contribution in [0.3, 0.4) is 0 Å². The van der Waals surface area contributed by atoms with Gasteiger partial charge in [0, 0.05) is 97.3 Å². The minimum Gasteiger partial charge on any atom is -0.381 e. The van der Waals surface area contributed by atoms with E-state index in [2.05, 4.69) is 15.0 Å². The number of morpholine rings is 2. The van der Waals surface area contributed by atoms with Gasteiger partial charge in [-0.25, -0.2) is 46.3 Å². The number of alkyl halides is 2. The molecule has 6 aromatic rings. The summed E-state index contributed by atoms with van der Waals surface area (Å²) in [5.41, 5.74) is 2.20. The van der Waals surface area contributed by atoms with Gasteiger partial charge in [-0.05, 0) is 64.3 Å². The quantitative estimate of drug-likeness (QED) is 0.152. The molecule has 10 rings (SSSR count). The van der Waals surface area contributed by atoms with Crippen LogP contribution in [-0.4, -0.2) is 99.5 Å². The molecule has 3 atom stereocenters. The Morgan fingerprint density at radius 3 is 1.48 bits per heavy atom. The van der Waals surface area contributed by atoms with Crippen molar-refractivity contribution >= 4 is 22.9 Å². The molecule has 2 aromatic carbocycles. The average molecular weight is 935 g/mol. The second-order valence-electron chi connectivity index (χ2n) is 17.1. The van der Waals surface area contributed by atoms with Gasteiger partial charge in [-0.2, -0.15) is 0 Å². The van der Waals surface area contributed by atoms with Crippen LogP contribution in [0.5, 0.6) is 0 Å². The second-order valence-corrected chi connectivity index (χ2v) is 17.1. The number of anilines is 2. The van der Waals surface area contributed by atoms with E-state index in [1.807, 2.05) is 23.6 Å². The minimum atomic E-state index is -2.65. The van der Waals surface area contributed by atoms with Gasteiger partial charge in [0.05, 0.1) is 44.4 Å². The van der Waals surface area contributed by atoms with Crippen molar-refractivity contribution in [2.75, 3.05) is 62.4 Å². The summed E-state index contributed by atoms with van der Waals surface area (Å²) in [6.45, 7) is 14.9. The molecule has 3 saturated heterocycles. The highest BCUT2D eigenvalue weighted by atomic mass is 19.3. The summed E-state index contributed by atoms with van der Waals surface area (Å²) in [6, 6.07) is 6.44. The molecule has 4 fully saturated rings. The summed E-state index contributed by atoms with van der Waals surface area (Å²) >= 11 is 0. The van der Waals surface area contributed by atoms with E-state index in [4.69, 9.17) is 19.2 Å². The molecule has 3 unspecified atom stereocenters. The second kappa shape index (κ2) is 19.4. The third-order valence-corrected chi connectivity index (χ3v) is 12.9. The topological polar surface area (TPSA) is 129 Å². The van der Waals surface area contributed by atoms with Crippen molar-refractivity contribution in [3.63, 3.8) is 0 Å². The van der Waals surface area contributed by atoms with Crippen LogP contribution in [0.1, 0.15) is 55.6 Å². The number of aromatic nitrogens is 6. The smallest absolute Gasteiger partial charge is 0.261 e. The number of nitrogens with zero attached hydrogens (tertiary/aromatic N) is 8. The molecule has 1 saturated carbocycles. The van der Waals surface area contributed by atoms with Gasteiger partial charge in [-0.15, -0.1) is 0 Å². The molecule has 0 N–H and O–H groups in total. The third-order valence-electron chi connectivity index (χ3n) is 12.9. The molecule has 67 heavy (non-hydrogen) atoms. The van der Waals surface area contributed by atoms with Gasteiger partial charge in [0.1, 0.15) is 46.3 Å². The van der Waals surface area contributed by atoms with E-state index in [-0.39, 0.29) is 69.8 Å². The molecule has 0 radical (unpaired) electrons. The molecule has 3 aliphatic heterocycles. The lowest BCUT2D eigenvalue weighted by atomic mass is 9.77. The standard InChI is InChI=1S/C23H22F4N4O2.C23H24F2N4O3.C2H6/c1-12-13(2)28-21-20(16-4-3-15(24)7-17(16)25)29-19(11-31(21)22(12)32)30-5-6-33-18(10-30)14-8-23(26,27)9-14;1-13-14(2)26-22-21(17-4-3-16(24)9-18(17)25)27-20(11-29(22)23(13)30)28-6-8-32-19(10-28)15-5-7-31-12-15;1-2/h3-4,7,11,14,18H,5-6,8-10H2,1-2H3;3-4,9,11,15,19H,5-8,10,12H2,1-2H3;1-2H3. The molecular weight excluding hydrogens is 883 g/mol. The zero-order chi connectivity index (χ0) is 47.9. The fourth-order valence-corrected chi connectivity index (χ4v) is 8.83. The largest absolute Gasteiger partial charge is 0.381 e. The first-order chi connectivity index (χ1) is 32.0. The molecule has 0 amide bonds. The first kappa shape index (κ1) is 47.6. The van der Waals surface area contributed by atoms with E-state index in [1.165, 1.54) is 33.2 Å². The van der Waals surface area contributed by atoms with Gasteiger partial charge >= 0.3 is 0 Å². The molecule has 356 valence electrons. The van der Waals surface area contributed by atoms with Crippen LogP contribution in [0, 0.1) is 62.8 Å². The van der Waals surface area contributed by atoms with Crippen molar-refractivity contribution in [3.8, 4) is 22.5 Å². The van der Waals surface area contributed by atoms with Crippen LogP contribution in [-0.2, 0) is 14.2 Å². The zero-order valence-corrected chi connectivity index (χ0v) is 38.1. The molecule has 19 heteroatoms. The number of rotatable bonds is 6. The molecule has 0 bridgehead atoms. The van der Waals surface area contributed by atoms with Gasteiger partial charge in [0.25, 0.3) is 11.1 Å². The van der Waals surface area contributed by atoms with Crippen LogP contribution >= 0.6 is 0 Å². The monoisotopic (exact) mass is 934 g/mol. The molecule has 7 heterocycles. The number of hydrogen-bond acceptors (Lipinski definition) is 11. The lowest BCUT2D eigenvalue weighted by molar-refractivity contribution is -0.154. The summed E-state index contributed by atoms with van der Waals surface area (Å²) in [5.74, 6) is -4.71. The molecular formula is C48H52F6N8O5. The van der Waals surface area contributed by atoms with Crippen molar-refractivity contribution in [2.24, 2.45) is 11.8 Å². The maximum Gasteiger partial charge on any atom is 0.261 e. The van der Waals surface area contributed by atoms with E-state index in [0.29, 0.717) is 86.1 Å². The van der Waals surface area contributed by atoms with E-state index < -0.39 is 35.3 Å². The average Bonchev–Trinajstić information content (AvgIpc) is 3.86. The van der Waals surface area contributed by atoms with Crippen molar-refractivity contribution in [1.82, 2.24) is 28.7 Å². The summed E-state index contributed by atoms with van der Waals surface area (Å²) in [5, 5.41) is 0. The van der Waals surface area contributed by atoms with E-state index >= 15 is 0 Å². The van der Waals surface area contributed by atoms with Gasteiger partial charge in [-0.3, -0.25) is 18.4 Å². The van der Waals surface area contributed by atoms with Crippen LogP contribution < -0.4 is 20.9 Å². The predicted octanol–water partition coefficient (Wildman–Crippen LogP) is 7.82. The molecule has 4 aromatic heterocycles. The highest BCUT2D eigenvalue weighted by Crippen LogP contribution is 2.45. The number of fused-ring (bicyclic) bond motifs is 2. The van der Waals surface area contributed by atoms with E-state index in [9.17, 15) is 35.9 Å². The maximum absolute atomic E-state index is 14.7. The van der Waals surface area contributed by atoms with Crippen LogP contribution in [0.4, 0.5) is 38.0 Å². The Bertz CT molecular complexity index is 2940. The highest BCUT2D eigenvalue weighted by Gasteiger charge is 2.50. The first-order valence-corrected chi connectivity index (χ1v) is 22.5. The Morgan fingerprint density at radius 1 is 0.627 bits per heavy atom. The van der Waals surface area contributed by atoms with Crippen molar-refractivity contribution in [3.05, 3.63) is 115 Å². The van der Waals surface area contributed by atoms with Gasteiger partial charge in [0.2, 0.25) is 5.92 Å². The molecule has 1 aliphatic carbocycles. The lowest BCUT2D eigenvalue weighted by Crippen LogP contribution is -2.52. The van der Waals surface area contributed by atoms with Crippen LogP contribution in [0.15, 0.2) is 58.4 Å². The Kier molecular flexibility index (Phi) is 13.7. The normalized spacial score (nSPS) is 20.6. The SMILES string of the molecule is CC.Cc1nc2c(-c3ccc(F)cc3F)nc(N3CCOC(C4CC(F)(F)C4)C3)cn2c(=O)c1C.Cc1nc2c(-c3ccc(F)cc3F)nc(N3CCOC(C4CCOC4)C3)cn2c(=O)c1C. The van der Waals surface area contributed by atoms with Crippen molar-refractivity contribution < 1.29 is 40.6 Å². The number of hydrogen-bond donors (Lipinski definition) is 0. The Hall–Kier alpha value is -5.92. The van der Waals surface area contributed by atoms with Gasteiger partial charge < -0.3 is 24.0 Å². The lowest BCUT2D eigenvalue weighted by Gasteiger charge is -2.44. The van der Waals surface area contributed by atoms with E-state index in [1.54, 1.807) is 33.9 Å².